The minimum atomic E-state index is 0.910. The highest BCUT2D eigenvalue weighted by Gasteiger charge is 2.14. The molecule has 23 heavy (non-hydrogen) atoms. The maximum absolute atomic E-state index is 4.77. The second-order valence-corrected chi connectivity index (χ2v) is 6.43. The molecule has 0 saturated carbocycles. The highest BCUT2D eigenvalue weighted by molar-refractivity contribution is 5.26. The Balaban J connectivity index is 1.55. The van der Waals surface area contributed by atoms with Gasteiger partial charge in [0.1, 0.15) is 5.82 Å². The van der Waals surface area contributed by atoms with Crippen LogP contribution in [0.1, 0.15) is 55.2 Å². The maximum Gasteiger partial charge on any atom is 0.108 e. The van der Waals surface area contributed by atoms with E-state index in [1.807, 2.05) is 4.68 Å². The summed E-state index contributed by atoms with van der Waals surface area (Å²) in [5, 5.41) is 8.23. The summed E-state index contributed by atoms with van der Waals surface area (Å²) in [5.74, 6) is 1.28. The molecule has 0 bridgehead atoms. The molecule has 0 saturated heterocycles. The third kappa shape index (κ3) is 3.50. The minimum Gasteiger partial charge on any atom is -0.335 e. The van der Waals surface area contributed by atoms with E-state index in [4.69, 9.17) is 4.98 Å². The molecule has 0 radical (unpaired) electrons. The number of hydrogen-bond acceptors (Lipinski definition) is 3. The summed E-state index contributed by atoms with van der Waals surface area (Å²) in [6.45, 7) is 7.41. The van der Waals surface area contributed by atoms with Crippen LogP contribution in [0.15, 0.2) is 6.20 Å². The lowest BCUT2D eigenvalue weighted by molar-refractivity contribution is 0.522. The smallest absolute Gasteiger partial charge is 0.108 e. The fraction of sp³-hybridized carbons (Fsp3) is 0.667. The van der Waals surface area contributed by atoms with Crippen LogP contribution in [0.4, 0.5) is 0 Å². The summed E-state index contributed by atoms with van der Waals surface area (Å²) in [6, 6.07) is 0. The van der Waals surface area contributed by atoms with Gasteiger partial charge in [0.05, 0.1) is 11.4 Å². The Morgan fingerprint density at radius 3 is 2.83 bits per heavy atom. The van der Waals surface area contributed by atoms with Crippen molar-refractivity contribution < 1.29 is 0 Å². The molecule has 0 atom stereocenters. The van der Waals surface area contributed by atoms with Gasteiger partial charge in [0, 0.05) is 57.0 Å². The zero-order valence-corrected chi connectivity index (χ0v) is 14.7. The summed E-state index contributed by atoms with van der Waals surface area (Å²) >= 11 is 0. The van der Waals surface area contributed by atoms with Crippen molar-refractivity contribution in [3.05, 3.63) is 34.7 Å². The molecular weight excluding hydrogens is 286 g/mol. The molecule has 0 aromatic carbocycles. The topological polar surface area (TPSA) is 47.7 Å². The van der Waals surface area contributed by atoms with Crippen LogP contribution in [0.25, 0.3) is 0 Å². The van der Waals surface area contributed by atoms with Gasteiger partial charge in [-0.15, -0.1) is 0 Å². The molecule has 126 valence electrons. The van der Waals surface area contributed by atoms with Crippen molar-refractivity contribution >= 4 is 0 Å². The maximum atomic E-state index is 4.77. The average molecular weight is 315 g/mol. The summed E-state index contributed by atoms with van der Waals surface area (Å²) in [4.78, 5) is 4.77. The lowest BCUT2D eigenvalue weighted by Crippen LogP contribution is -2.18. The molecule has 3 rings (SSSR count). The summed E-state index contributed by atoms with van der Waals surface area (Å²) in [7, 11) is 2.05. The first kappa shape index (κ1) is 16.2. The normalized spacial score (nSPS) is 14.2. The van der Waals surface area contributed by atoms with Crippen molar-refractivity contribution in [3.8, 4) is 0 Å². The minimum absolute atomic E-state index is 0.910. The number of aromatic nitrogens is 4. The van der Waals surface area contributed by atoms with Gasteiger partial charge in [-0.05, 0) is 25.7 Å². The average Bonchev–Trinajstić information content (AvgIpc) is 3.11. The predicted octanol–water partition coefficient (Wildman–Crippen LogP) is 2.41. The first-order chi connectivity index (χ1) is 11.2. The first-order valence-electron chi connectivity index (χ1n) is 9.02. The second kappa shape index (κ2) is 7.30. The zero-order chi connectivity index (χ0) is 16.2. The number of rotatable bonds is 7. The molecule has 0 amide bonds. The molecule has 1 aliphatic heterocycles. The van der Waals surface area contributed by atoms with Crippen LogP contribution in [0.5, 0.6) is 0 Å². The van der Waals surface area contributed by atoms with E-state index in [1.54, 1.807) is 0 Å². The van der Waals surface area contributed by atoms with Gasteiger partial charge in [-0.2, -0.15) is 5.10 Å². The molecular formula is C18H29N5. The third-order valence-corrected chi connectivity index (χ3v) is 4.85. The molecule has 2 aromatic rings. The molecule has 0 fully saturated rings. The van der Waals surface area contributed by atoms with Crippen LogP contribution >= 0.6 is 0 Å². The Hall–Kier alpha value is -1.62. The van der Waals surface area contributed by atoms with E-state index in [0.717, 1.165) is 45.3 Å². The molecule has 0 spiro atoms. The summed E-state index contributed by atoms with van der Waals surface area (Å²) < 4.78 is 4.38. The lowest BCUT2D eigenvalue weighted by atomic mass is 10.1. The SMILES string of the molecule is CCc1nn(C)c(CC)c1CNCCc1cn2c(n1)CCCC2. The molecule has 2 aromatic heterocycles. The van der Waals surface area contributed by atoms with Crippen LogP contribution < -0.4 is 5.32 Å². The molecule has 0 aliphatic carbocycles. The van der Waals surface area contributed by atoms with Gasteiger partial charge in [-0.1, -0.05) is 13.8 Å². The molecule has 5 heteroatoms. The number of imidazole rings is 1. The Bertz CT molecular complexity index is 629. The number of aryl methyl sites for hydroxylation is 4. The number of fused-ring (bicyclic) bond motifs is 1. The Labute approximate surface area is 139 Å². The van der Waals surface area contributed by atoms with Gasteiger partial charge in [-0.25, -0.2) is 4.98 Å². The predicted molar refractivity (Wildman–Crippen MR) is 92.5 cm³/mol. The standard InChI is InChI=1S/C18H29N5/c1-4-16-15(17(5-2)22(3)21-16)12-19-10-9-14-13-23-11-7-6-8-18(23)20-14/h13,19H,4-12H2,1-3H3. The van der Waals surface area contributed by atoms with Crippen LogP contribution in [0, 0.1) is 0 Å². The van der Waals surface area contributed by atoms with Crippen LogP contribution in [-0.4, -0.2) is 25.9 Å². The quantitative estimate of drug-likeness (QED) is 0.798. The monoisotopic (exact) mass is 315 g/mol. The van der Waals surface area contributed by atoms with Gasteiger partial charge in [0.15, 0.2) is 0 Å². The van der Waals surface area contributed by atoms with Crippen molar-refractivity contribution in [2.45, 2.75) is 65.5 Å². The van der Waals surface area contributed by atoms with E-state index in [1.165, 1.54) is 41.3 Å². The van der Waals surface area contributed by atoms with Gasteiger partial charge in [-0.3, -0.25) is 4.68 Å². The van der Waals surface area contributed by atoms with Crippen LogP contribution in [0.3, 0.4) is 0 Å². The van der Waals surface area contributed by atoms with Gasteiger partial charge in [0.25, 0.3) is 0 Å². The summed E-state index contributed by atoms with van der Waals surface area (Å²) in [6.07, 6.45) is 9.01. The third-order valence-electron chi connectivity index (χ3n) is 4.85. The van der Waals surface area contributed by atoms with Crippen LogP contribution in [-0.2, 0) is 45.8 Å². The molecule has 0 unspecified atom stereocenters. The van der Waals surface area contributed by atoms with E-state index in [2.05, 4.69) is 42.1 Å². The zero-order valence-electron chi connectivity index (χ0n) is 14.7. The van der Waals surface area contributed by atoms with Gasteiger partial charge < -0.3 is 9.88 Å². The lowest BCUT2D eigenvalue weighted by Gasteiger charge is -2.11. The molecule has 5 nitrogen and oxygen atoms in total. The highest BCUT2D eigenvalue weighted by atomic mass is 15.3. The molecule has 1 N–H and O–H groups in total. The van der Waals surface area contributed by atoms with Crippen molar-refractivity contribution in [1.29, 1.82) is 0 Å². The summed E-state index contributed by atoms with van der Waals surface area (Å²) in [5.41, 5.74) is 5.20. The molecule has 3 heterocycles. The van der Waals surface area contributed by atoms with Gasteiger partial charge >= 0.3 is 0 Å². The van der Waals surface area contributed by atoms with E-state index < -0.39 is 0 Å². The highest BCUT2D eigenvalue weighted by Crippen LogP contribution is 2.16. The molecule has 1 aliphatic rings. The largest absolute Gasteiger partial charge is 0.335 e. The van der Waals surface area contributed by atoms with E-state index in [9.17, 15) is 0 Å². The van der Waals surface area contributed by atoms with E-state index in [0.29, 0.717) is 0 Å². The van der Waals surface area contributed by atoms with Crippen LogP contribution in [0.2, 0.25) is 0 Å². The van der Waals surface area contributed by atoms with Crippen molar-refractivity contribution in [2.24, 2.45) is 7.05 Å². The van der Waals surface area contributed by atoms with Gasteiger partial charge in [0.2, 0.25) is 0 Å². The fourth-order valence-electron chi connectivity index (χ4n) is 3.62. The number of nitrogens with zero attached hydrogens (tertiary/aromatic N) is 4. The second-order valence-electron chi connectivity index (χ2n) is 6.43. The van der Waals surface area contributed by atoms with Crippen molar-refractivity contribution in [1.82, 2.24) is 24.6 Å². The Morgan fingerprint density at radius 2 is 2.09 bits per heavy atom. The Kier molecular flexibility index (Phi) is 5.16. The van der Waals surface area contributed by atoms with Crippen molar-refractivity contribution in [3.63, 3.8) is 0 Å². The number of hydrogen-bond donors (Lipinski definition) is 1. The fourth-order valence-corrected chi connectivity index (χ4v) is 3.62. The van der Waals surface area contributed by atoms with E-state index >= 15 is 0 Å². The van der Waals surface area contributed by atoms with Crippen molar-refractivity contribution in [2.75, 3.05) is 6.54 Å². The van der Waals surface area contributed by atoms with E-state index in [-0.39, 0.29) is 0 Å². The first-order valence-corrected chi connectivity index (χ1v) is 9.02. The number of nitrogens with one attached hydrogen (secondary N) is 1. The Morgan fingerprint density at radius 1 is 1.22 bits per heavy atom.